The van der Waals surface area contributed by atoms with Crippen molar-refractivity contribution in [2.75, 3.05) is 0 Å². The van der Waals surface area contributed by atoms with Gasteiger partial charge in [-0.05, 0) is 78.4 Å². The Morgan fingerprint density at radius 3 is 1.79 bits per heavy atom. The van der Waals surface area contributed by atoms with Crippen LogP contribution in [0, 0.1) is 0 Å². The smallest absolute Gasteiger partial charge is 0.137 e. The lowest BCUT2D eigenvalue weighted by Crippen LogP contribution is -1.98. The number of nitrogens with zero attached hydrogens (tertiary/aromatic N) is 4. The van der Waals surface area contributed by atoms with Gasteiger partial charge >= 0.3 is 0 Å². The van der Waals surface area contributed by atoms with Gasteiger partial charge in [0.2, 0.25) is 0 Å². The molecule has 0 spiro atoms. The molecule has 0 bridgehead atoms. The fourth-order valence-corrected chi connectivity index (χ4v) is 7.34. The lowest BCUT2D eigenvalue weighted by molar-refractivity contribution is 1.08. The molecule has 0 atom stereocenters. The maximum absolute atomic E-state index is 5.09. The third-order valence-electron chi connectivity index (χ3n) is 9.50. The molecule has 4 heteroatoms. The standard InChI is InChI=1S/C43H28N4/c1-4-12-29(13-5-1)31-20-21-43(44-28-31)47-40-24-30-22-23-45(32-14-6-2-7-15-32)39(30)26-37(40)36-25-35-34-18-10-11-19-38(34)46(41(35)27-42(36)47)33-16-8-3-9-17-33/h1-28H. The van der Waals surface area contributed by atoms with E-state index in [2.05, 4.69) is 172 Å². The largest absolute Gasteiger partial charge is 0.317 e. The third-order valence-corrected chi connectivity index (χ3v) is 9.50. The van der Waals surface area contributed by atoms with Gasteiger partial charge < -0.3 is 9.13 Å². The molecule has 47 heavy (non-hydrogen) atoms. The van der Waals surface area contributed by atoms with Crippen LogP contribution in [0.4, 0.5) is 0 Å². The van der Waals surface area contributed by atoms with Crippen LogP contribution < -0.4 is 0 Å². The first-order chi connectivity index (χ1) is 23.3. The third kappa shape index (κ3) is 3.92. The lowest BCUT2D eigenvalue weighted by atomic mass is 10.1. The van der Waals surface area contributed by atoms with Gasteiger partial charge in [-0.3, -0.25) is 4.57 Å². The molecule has 0 saturated heterocycles. The van der Waals surface area contributed by atoms with Crippen molar-refractivity contribution in [3.05, 3.63) is 170 Å². The molecule has 10 rings (SSSR count). The Balaban J connectivity index is 1.31. The number of hydrogen-bond donors (Lipinski definition) is 0. The van der Waals surface area contributed by atoms with Gasteiger partial charge in [0.15, 0.2) is 0 Å². The first-order valence-corrected chi connectivity index (χ1v) is 16.0. The molecule has 0 fully saturated rings. The number of hydrogen-bond acceptors (Lipinski definition) is 1. The zero-order valence-corrected chi connectivity index (χ0v) is 25.5. The summed E-state index contributed by atoms with van der Waals surface area (Å²) in [4.78, 5) is 5.09. The molecule has 0 aliphatic heterocycles. The van der Waals surface area contributed by atoms with Gasteiger partial charge in [-0.25, -0.2) is 4.98 Å². The lowest BCUT2D eigenvalue weighted by Gasteiger charge is -2.10. The predicted octanol–water partition coefficient (Wildman–Crippen LogP) is 10.9. The molecule has 4 nitrogen and oxygen atoms in total. The highest BCUT2D eigenvalue weighted by Gasteiger charge is 2.20. The Labute approximate surface area is 271 Å². The van der Waals surface area contributed by atoms with Crippen molar-refractivity contribution >= 4 is 54.5 Å². The summed E-state index contributed by atoms with van der Waals surface area (Å²) >= 11 is 0. The SMILES string of the molecule is c1ccc(-c2ccc(-n3c4cc5ccn(-c6ccccc6)c5cc4c4cc5c6ccccc6n(-c6ccccc6)c5cc43)nc2)cc1. The summed E-state index contributed by atoms with van der Waals surface area (Å²) in [5, 5.41) is 6.08. The van der Waals surface area contributed by atoms with E-state index in [4.69, 9.17) is 4.98 Å². The van der Waals surface area contributed by atoms with E-state index in [9.17, 15) is 0 Å². The highest BCUT2D eigenvalue weighted by molar-refractivity contribution is 6.20. The predicted molar refractivity (Wildman–Crippen MR) is 195 cm³/mol. The highest BCUT2D eigenvalue weighted by atomic mass is 15.1. The van der Waals surface area contributed by atoms with Crippen LogP contribution in [0.3, 0.4) is 0 Å². The van der Waals surface area contributed by atoms with Crippen molar-refractivity contribution in [2.24, 2.45) is 0 Å². The molecular formula is C43H28N4. The van der Waals surface area contributed by atoms with E-state index >= 15 is 0 Å². The number of aromatic nitrogens is 4. The van der Waals surface area contributed by atoms with Crippen molar-refractivity contribution in [1.29, 1.82) is 0 Å². The number of pyridine rings is 1. The Bertz CT molecular complexity index is 2750. The van der Waals surface area contributed by atoms with Crippen LogP contribution in [0.25, 0.3) is 82.8 Å². The van der Waals surface area contributed by atoms with Gasteiger partial charge in [0.1, 0.15) is 5.82 Å². The first kappa shape index (κ1) is 25.9. The van der Waals surface area contributed by atoms with Gasteiger partial charge in [0.05, 0.1) is 27.6 Å². The van der Waals surface area contributed by atoms with E-state index in [0.717, 1.165) is 39.4 Å². The van der Waals surface area contributed by atoms with Crippen LogP contribution in [-0.2, 0) is 0 Å². The van der Waals surface area contributed by atoms with E-state index in [1.54, 1.807) is 0 Å². The van der Waals surface area contributed by atoms with E-state index in [1.807, 2.05) is 12.3 Å². The maximum atomic E-state index is 5.09. The van der Waals surface area contributed by atoms with Gasteiger partial charge in [-0.2, -0.15) is 0 Å². The average molecular weight is 601 g/mol. The van der Waals surface area contributed by atoms with Crippen molar-refractivity contribution in [3.63, 3.8) is 0 Å². The Hall–Kier alpha value is -6.39. The topological polar surface area (TPSA) is 27.7 Å². The van der Waals surface area contributed by atoms with Crippen LogP contribution >= 0.6 is 0 Å². The molecule has 0 N–H and O–H groups in total. The first-order valence-electron chi connectivity index (χ1n) is 16.0. The van der Waals surface area contributed by atoms with E-state index in [0.29, 0.717) is 0 Å². The zero-order valence-electron chi connectivity index (χ0n) is 25.5. The highest BCUT2D eigenvalue weighted by Crippen LogP contribution is 2.41. The zero-order chi connectivity index (χ0) is 30.9. The molecule has 220 valence electrons. The number of fused-ring (bicyclic) bond motifs is 7. The van der Waals surface area contributed by atoms with E-state index < -0.39 is 0 Å². The summed E-state index contributed by atoms with van der Waals surface area (Å²) in [7, 11) is 0. The van der Waals surface area contributed by atoms with Crippen molar-refractivity contribution in [1.82, 2.24) is 18.7 Å². The molecule has 10 aromatic rings. The molecule has 4 aromatic heterocycles. The van der Waals surface area contributed by atoms with Gasteiger partial charge in [0.25, 0.3) is 0 Å². The fourth-order valence-electron chi connectivity index (χ4n) is 7.34. The Kier molecular flexibility index (Phi) is 5.54. The van der Waals surface area contributed by atoms with Crippen molar-refractivity contribution in [2.45, 2.75) is 0 Å². The van der Waals surface area contributed by atoms with Crippen molar-refractivity contribution in [3.8, 4) is 28.3 Å². The van der Waals surface area contributed by atoms with E-state index in [-0.39, 0.29) is 0 Å². The molecule has 0 amide bonds. The maximum Gasteiger partial charge on any atom is 0.137 e. The fraction of sp³-hybridized carbons (Fsp3) is 0. The summed E-state index contributed by atoms with van der Waals surface area (Å²) < 4.78 is 7.01. The summed E-state index contributed by atoms with van der Waals surface area (Å²) in [6.45, 7) is 0. The van der Waals surface area contributed by atoms with Crippen LogP contribution in [0.2, 0.25) is 0 Å². The second kappa shape index (κ2) is 10.1. The minimum Gasteiger partial charge on any atom is -0.317 e. The van der Waals surface area contributed by atoms with Gasteiger partial charge in [-0.1, -0.05) is 84.9 Å². The summed E-state index contributed by atoms with van der Waals surface area (Å²) in [5.74, 6) is 0.897. The number of benzene rings is 6. The minimum absolute atomic E-state index is 0.897. The van der Waals surface area contributed by atoms with E-state index in [1.165, 1.54) is 43.5 Å². The second-order valence-electron chi connectivity index (χ2n) is 12.1. The quantitative estimate of drug-likeness (QED) is 0.197. The average Bonchev–Trinajstić information content (AvgIpc) is 3.80. The molecule has 0 saturated carbocycles. The van der Waals surface area contributed by atoms with Crippen molar-refractivity contribution < 1.29 is 0 Å². The summed E-state index contributed by atoms with van der Waals surface area (Å²) in [6.07, 6.45) is 4.16. The minimum atomic E-state index is 0.897. The Morgan fingerprint density at radius 2 is 1.02 bits per heavy atom. The molecule has 0 aliphatic rings. The molecular weight excluding hydrogens is 573 g/mol. The van der Waals surface area contributed by atoms with Gasteiger partial charge in [-0.15, -0.1) is 0 Å². The van der Waals surface area contributed by atoms with Crippen LogP contribution in [0.1, 0.15) is 0 Å². The summed E-state index contributed by atoms with van der Waals surface area (Å²) in [5.41, 5.74) is 10.4. The Morgan fingerprint density at radius 1 is 0.383 bits per heavy atom. The van der Waals surface area contributed by atoms with Gasteiger partial charge in [0, 0.05) is 56.3 Å². The molecule has 4 heterocycles. The molecule has 0 radical (unpaired) electrons. The molecule has 6 aromatic carbocycles. The monoisotopic (exact) mass is 600 g/mol. The number of rotatable bonds is 4. The van der Waals surface area contributed by atoms with Crippen LogP contribution in [0.5, 0.6) is 0 Å². The second-order valence-corrected chi connectivity index (χ2v) is 12.1. The normalized spacial score (nSPS) is 11.8. The van der Waals surface area contributed by atoms with Crippen LogP contribution in [0.15, 0.2) is 170 Å². The molecule has 0 aliphatic carbocycles. The molecule has 0 unspecified atom stereocenters. The van der Waals surface area contributed by atoms with Crippen LogP contribution in [-0.4, -0.2) is 18.7 Å². The number of para-hydroxylation sites is 3. The summed E-state index contributed by atoms with van der Waals surface area (Å²) in [6, 6.07) is 56.4.